The van der Waals surface area contributed by atoms with Crippen molar-refractivity contribution in [3.63, 3.8) is 0 Å². The number of benzene rings is 3. The molecule has 0 saturated heterocycles. The fraction of sp³-hybridized carbons (Fsp3) is 0.208. The Balaban J connectivity index is 1.81. The minimum atomic E-state index is -4.78. The van der Waals surface area contributed by atoms with Crippen LogP contribution in [-0.2, 0) is 6.42 Å². The molecule has 32 heavy (non-hydrogen) atoms. The Morgan fingerprint density at radius 1 is 0.938 bits per heavy atom. The first-order valence-corrected chi connectivity index (χ1v) is 9.91. The molecule has 0 aliphatic heterocycles. The molecule has 8 heteroatoms. The standard InChI is InChI=1S/C24H23F3N2O3/c1-4-18-15(2)22(32-24(25,26)27)14-13-21(18)29-23(30)28-20-8-6-5-7-19(20)16-9-11-17(31-3)12-10-16/h5-14H,4H2,1-3H3,(H2,28,29,30). The molecule has 0 bridgehead atoms. The summed E-state index contributed by atoms with van der Waals surface area (Å²) in [5, 5.41) is 5.55. The Kier molecular flexibility index (Phi) is 6.92. The van der Waals surface area contributed by atoms with Crippen LogP contribution >= 0.6 is 0 Å². The number of halogens is 3. The summed E-state index contributed by atoms with van der Waals surface area (Å²) in [6, 6.07) is 16.8. The maximum Gasteiger partial charge on any atom is 0.573 e. The van der Waals surface area contributed by atoms with E-state index in [-0.39, 0.29) is 5.75 Å². The van der Waals surface area contributed by atoms with E-state index in [0.29, 0.717) is 28.9 Å². The van der Waals surface area contributed by atoms with Crippen molar-refractivity contribution >= 4 is 17.4 Å². The molecule has 168 valence electrons. The molecule has 0 unspecified atom stereocenters. The number of ether oxygens (including phenoxy) is 2. The summed E-state index contributed by atoms with van der Waals surface area (Å²) in [6.45, 7) is 3.32. The van der Waals surface area contributed by atoms with Crippen LogP contribution in [0.3, 0.4) is 0 Å². The molecular weight excluding hydrogens is 421 g/mol. The van der Waals surface area contributed by atoms with Gasteiger partial charge >= 0.3 is 12.4 Å². The maximum absolute atomic E-state index is 12.7. The minimum absolute atomic E-state index is 0.287. The van der Waals surface area contributed by atoms with Gasteiger partial charge in [0.05, 0.1) is 12.8 Å². The molecule has 0 aliphatic carbocycles. The Morgan fingerprint density at radius 2 is 1.59 bits per heavy atom. The first-order valence-electron chi connectivity index (χ1n) is 9.91. The van der Waals surface area contributed by atoms with Crippen LogP contribution in [0.1, 0.15) is 18.1 Å². The Morgan fingerprint density at radius 3 is 2.22 bits per heavy atom. The van der Waals surface area contributed by atoms with E-state index in [2.05, 4.69) is 15.4 Å². The second-order valence-electron chi connectivity index (χ2n) is 6.97. The molecule has 0 radical (unpaired) electrons. The number of carbonyl (C=O) groups is 1. The van der Waals surface area contributed by atoms with Crippen LogP contribution in [0.25, 0.3) is 11.1 Å². The van der Waals surface area contributed by atoms with E-state index in [0.717, 1.165) is 16.9 Å². The van der Waals surface area contributed by atoms with Crippen molar-refractivity contribution in [1.29, 1.82) is 0 Å². The molecule has 2 amide bonds. The number of alkyl halides is 3. The number of carbonyl (C=O) groups excluding carboxylic acids is 1. The van der Waals surface area contributed by atoms with Crippen LogP contribution < -0.4 is 20.1 Å². The smallest absolute Gasteiger partial charge is 0.497 e. The summed E-state index contributed by atoms with van der Waals surface area (Å²) in [4.78, 5) is 12.7. The second-order valence-corrected chi connectivity index (χ2v) is 6.97. The van der Waals surface area contributed by atoms with Crippen molar-refractivity contribution < 1.29 is 27.4 Å². The molecule has 3 rings (SSSR count). The van der Waals surface area contributed by atoms with Crippen LogP contribution in [-0.4, -0.2) is 19.5 Å². The Labute approximate surface area is 184 Å². The van der Waals surface area contributed by atoms with Gasteiger partial charge in [-0.15, -0.1) is 13.2 Å². The zero-order valence-corrected chi connectivity index (χ0v) is 17.8. The number of methoxy groups -OCH3 is 1. The zero-order chi connectivity index (χ0) is 23.3. The summed E-state index contributed by atoms with van der Waals surface area (Å²) in [6.07, 6.45) is -4.37. The molecule has 0 saturated carbocycles. The number of hydrogen-bond donors (Lipinski definition) is 2. The van der Waals surface area contributed by atoms with E-state index in [9.17, 15) is 18.0 Å². The van der Waals surface area contributed by atoms with Crippen molar-refractivity contribution in [2.45, 2.75) is 26.6 Å². The number of urea groups is 1. The fourth-order valence-electron chi connectivity index (χ4n) is 3.43. The number of hydrogen-bond acceptors (Lipinski definition) is 3. The predicted octanol–water partition coefficient (Wildman–Crippen LogP) is 6.78. The molecule has 0 heterocycles. The van der Waals surface area contributed by atoms with Gasteiger partial charge in [-0.25, -0.2) is 4.79 Å². The van der Waals surface area contributed by atoms with Gasteiger partial charge in [0.25, 0.3) is 0 Å². The average Bonchev–Trinajstić information content (AvgIpc) is 2.75. The molecular formula is C24H23F3N2O3. The van der Waals surface area contributed by atoms with Gasteiger partial charge in [0.2, 0.25) is 0 Å². The van der Waals surface area contributed by atoms with Gasteiger partial charge in [-0.2, -0.15) is 0 Å². The summed E-state index contributed by atoms with van der Waals surface area (Å²) < 4.78 is 47.1. The van der Waals surface area contributed by atoms with Crippen molar-refractivity contribution in [3.05, 3.63) is 71.8 Å². The van der Waals surface area contributed by atoms with E-state index in [1.807, 2.05) is 36.4 Å². The van der Waals surface area contributed by atoms with Gasteiger partial charge < -0.3 is 20.1 Å². The lowest BCUT2D eigenvalue weighted by molar-refractivity contribution is -0.274. The summed E-state index contributed by atoms with van der Waals surface area (Å²) in [7, 11) is 1.59. The molecule has 3 aromatic carbocycles. The number of anilines is 2. The highest BCUT2D eigenvalue weighted by Crippen LogP contribution is 2.33. The number of rotatable bonds is 6. The third-order valence-electron chi connectivity index (χ3n) is 4.95. The van der Waals surface area contributed by atoms with Crippen LogP contribution in [0.4, 0.5) is 29.3 Å². The molecule has 0 fully saturated rings. The SMILES string of the molecule is CCc1c(NC(=O)Nc2ccccc2-c2ccc(OC)cc2)ccc(OC(F)(F)F)c1C. The van der Waals surface area contributed by atoms with Gasteiger partial charge in [0.15, 0.2) is 0 Å². The normalized spacial score (nSPS) is 11.1. The first kappa shape index (κ1) is 23.0. The summed E-state index contributed by atoms with van der Waals surface area (Å²) in [5.74, 6) is 0.433. The lowest BCUT2D eigenvalue weighted by Gasteiger charge is -2.18. The van der Waals surface area contributed by atoms with E-state index < -0.39 is 12.4 Å². The third-order valence-corrected chi connectivity index (χ3v) is 4.95. The van der Waals surface area contributed by atoms with E-state index >= 15 is 0 Å². The predicted molar refractivity (Wildman–Crippen MR) is 118 cm³/mol. The molecule has 5 nitrogen and oxygen atoms in total. The Hall–Kier alpha value is -3.68. The van der Waals surface area contributed by atoms with Crippen molar-refractivity contribution in [2.75, 3.05) is 17.7 Å². The summed E-state index contributed by atoms with van der Waals surface area (Å²) in [5.41, 5.74) is 3.58. The van der Waals surface area contributed by atoms with Crippen LogP contribution in [0.15, 0.2) is 60.7 Å². The lowest BCUT2D eigenvalue weighted by Crippen LogP contribution is -2.22. The average molecular weight is 444 g/mol. The topological polar surface area (TPSA) is 59.6 Å². The summed E-state index contributed by atoms with van der Waals surface area (Å²) >= 11 is 0. The number of nitrogens with one attached hydrogen (secondary N) is 2. The largest absolute Gasteiger partial charge is 0.573 e. The van der Waals surface area contributed by atoms with Crippen molar-refractivity contribution in [2.24, 2.45) is 0 Å². The highest BCUT2D eigenvalue weighted by atomic mass is 19.4. The number of amides is 2. The van der Waals surface area contributed by atoms with Gasteiger partial charge in [-0.3, -0.25) is 0 Å². The van der Waals surface area contributed by atoms with Crippen molar-refractivity contribution in [1.82, 2.24) is 0 Å². The first-order chi connectivity index (χ1) is 15.2. The molecule has 0 spiro atoms. The molecule has 0 atom stereocenters. The zero-order valence-electron chi connectivity index (χ0n) is 17.8. The minimum Gasteiger partial charge on any atom is -0.497 e. The number of para-hydroxylation sites is 1. The molecule has 2 N–H and O–H groups in total. The fourth-order valence-corrected chi connectivity index (χ4v) is 3.43. The molecule has 3 aromatic rings. The monoisotopic (exact) mass is 444 g/mol. The van der Waals surface area contributed by atoms with E-state index in [4.69, 9.17) is 4.74 Å². The highest BCUT2D eigenvalue weighted by molar-refractivity contribution is 6.02. The van der Waals surface area contributed by atoms with Gasteiger partial charge in [-0.05, 0) is 60.4 Å². The van der Waals surface area contributed by atoms with Crippen LogP contribution in [0.2, 0.25) is 0 Å². The highest BCUT2D eigenvalue weighted by Gasteiger charge is 2.32. The maximum atomic E-state index is 12.7. The lowest BCUT2D eigenvalue weighted by atomic mass is 10.0. The van der Waals surface area contributed by atoms with Gasteiger partial charge in [0, 0.05) is 11.3 Å². The van der Waals surface area contributed by atoms with E-state index in [1.165, 1.54) is 19.1 Å². The second kappa shape index (κ2) is 9.64. The molecule has 0 aliphatic rings. The molecule has 0 aromatic heterocycles. The van der Waals surface area contributed by atoms with Gasteiger partial charge in [0.1, 0.15) is 11.5 Å². The third kappa shape index (κ3) is 5.51. The van der Waals surface area contributed by atoms with Crippen LogP contribution in [0, 0.1) is 6.92 Å². The quantitative estimate of drug-likeness (QED) is 0.441. The van der Waals surface area contributed by atoms with E-state index in [1.54, 1.807) is 26.2 Å². The Bertz CT molecular complexity index is 1100. The van der Waals surface area contributed by atoms with Crippen LogP contribution in [0.5, 0.6) is 11.5 Å². The van der Waals surface area contributed by atoms with Gasteiger partial charge in [-0.1, -0.05) is 37.3 Å². The van der Waals surface area contributed by atoms with Crippen molar-refractivity contribution in [3.8, 4) is 22.6 Å².